The molecule has 3 amide bonds. The van der Waals surface area contributed by atoms with Crippen LogP contribution in [0.2, 0.25) is 0 Å². The fourth-order valence-corrected chi connectivity index (χ4v) is 5.22. The van der Waals surface area contributed by atoms with Crippen LogP contribution < -0.4 is 5.32 Å². The van der Waals surface area contributed by atoms with Crippen molar-refractivity contribution in [3.05, 3.63) is 32.1 Å². The van der Waals surface area contributed by atoms with Gasteiger partial charge in [-0.05, 0) is 18.9 Å². The Morgan fingerprint density at radius 3 is 2.88 bits per heavy atom. The van der Waals surface area contributed by atoms with Crippen LogP contribution in [0.5, 0.6) is 0 Å². The highest BCUT2D eigenvalue weighted by Crippen LogP contribution is 2.38. The molecule has 0 fully saturated rings. The molecule has 4 heterocycles. The number of amides is 3. The molecule has 0 aliphatic carbocycles. The zero-order valence-corrected chi connectivity index (χ0v) is 16.1. The van der Waals surface area contributed by atoms with E-state index in [1.807, 2.05) is 17.2 Å². The van der Waals surface area contributed by atoms with Crippen LogP contribution in [0.25, 0.3) is 0 Å². The largest absolute Gasteiger partial charge is 0.337 e. The second kappa shape index (κ2) is 6.48. The zero-order chi connectivity index (χ0) is 18.4. The van der Waals surface area contributed by atoms with Gasteiger partial charge in [-0.15, -0.1) is 22.7 Å². The Morgan fingerprint density at radius 1 is 1.35 bits per heavy atom. The average Bonchev–Trinajstić information content (AvgIpc) is 3.13. The monoisotopic (exact) mass is 390 g/mol. The molecule has 9 heteroatoms. The number of thiophene rings is 1. The fraction of sp³-hybridized carbons (Fsp3) is 0.412. The van der Waals surface area contributed by atoms with E-state index in [1.54, 1.807) is 18.4 Å². The number of fused-ring (bicyclic) bond motifs is 3. The van der Waals surface area contributed by atoms with Crippen LogP contribution >= 0.6 is 22.7 Å². The summed E-state index contributed by atoms with van der Waals surface area (Å²) in [5.74, 6) is -0.282. The van der Waals surface area contributed by atoms with Crippen molar-refractivity contribution in [3.8, 4) is 0 Å². The van der Waals surface area contributed by atoms with Gasteiger partial charge in [-0.2, -0.15) is 0 Å². The molecule has 0 spiro atoms. The molecule has 0 unspecified atom stereocenters. The van der Waals surface area contributed by atoms with Gasteiger partial charge >= 0.3 is 0 Å². The number of nitrogens with zero attached hydrogens (tertiary/aromatic N) is 3. The summed E-state index contributed by atoms with van der Waals surface area (Å²) in [5, 5.41) is 6.31. The highest BCUT2D eigenvalue weighted by Gasteiger charge is 2.33. The smallest absolute Gasteiger partial charge is 0.257 e. The Balaban J connectivity index is 1.56. The number of carbonyl (C=O) groups is 3. The Labute approximate surface area is 158 Å². The second-order valence-corrected chi connectivity index (χ2v) is 8.68. The van der Waals surface area contributed by atoms with Crippen LogP contribution in [0.4, 0.5) is 5.00 Å². The Morgan fingerprint density at radius 2 is 2.15 bits per heavy atom. The molecule has 0 radical (unpaired) electrons. The summed E-state index contributed by atoms with van der Waals surface area (Å²) < 4.78 is 0. The van der Waals surface area contributed by atoms with E-state index in [-0.39, 0.29) is 24.3 Å². The number of aromatic nitrogens is 1. The summed E-state index contributed by atoms with van der Waals surface area (Å²) in [5.41, 5.74) is 2.37. The topological polar surface area (TPSA) is 82.6 Å². The van der Waals surface area contributed by atoms with Gasteiger partial charge in [0.1, 0.15) is 5.00 Å². The van der Waals surface area contributed by atoms with Crippen LogP contribution in [0, 0.1) is 6.92 Å². The lowest BCUT2D eigenvalue weighted by Gasteiger charge is -2.27. The molecule has 136 valence electrons. The van der Waals surface area contributed by atoms with Gasteiger partial charge < -0.3 is 15.1 Å². The van der Waals surface area contributed by atoms with Gasteiger partial charge in [-0.25, -0.2) is 4.98 Å². The molecule has 2 aliphatic rings. The van der Waals surface area contributed by atoms with Gasteiger partial charge in [0.2, 0.25) is 11.8 Å². The number of carbonyl (C=O) groups excluding carboxylic acids is 3. The zero-order valence-electron chi connectivity index (χ0n) is 14.5. The summed E-state index contributed by atoms with van der Waals surface area (Å²) in [6.45, 7) is 3.03. The van der Waals surface area contributed by atoms with Crippen LogP contribution in [-0.4, -0.2) is 52.6 Å². The molecule has 2 aromatic heterocycles. The number of thiazole rings is 1. The molecular weight excluding hydrogens is 372 g/mol. The molecule has 0 bridgehead atoms. The Hall–Kier alpha value is -2.26. The van der Waals surface area contributed by atoms with Gasteiger partial charge in [0.25, 0.3) is 5.91 Å². The highest BCUT2D eigenvalue weighted by molar-refractivity contribution is 7.17. The molecule has 0 aromatic carbocycles. The van der Waals surface area contributed by atoms with Crippen molar-refractivity contribution in [3.63, 3.8) is 0 Å². The van der Waals surface area contributed by atoms with E-state index >= 15 is 0 Å². The van der Waals surface area contributed by atoms with Crippen molar-refractivity contribution in [2.24, 2.45) is 0 Å². The summed E-state index contributed by atoms with van der Waals surface area (Å²) in [6.07, 6.45) is 0.918. The van der Waals surface area contributed by atoms with Crippen molar-refractivity contribution in [2.75, 3.05) is 25.5 Å². The van der Waals surface area contributed by atoms with Crippen LogP contribution in [0.15, 0.2) is 5.38 Å². The number of hydrogen-bond donors (Lipinski definition) is 1. The SMILES string of the molecule is Cc1nc(CC(=O)N2CCc3c(sc4c3C(=O)N(C)CC(=O)N4)C2)cs1. The van der Waals surface area contributed by atoms with Crippen molar-refractivity contribution in [2.45, 2.75) is 26.3 Å². The highest BCUT2D eigenvalue weighted by atomic mass is 32.1. The molecule has 0 saturated heterocycles. The standard InChI is InChI=1S/C17H18N4O3S2/c1-9-18-10(8-25-9)5-14(23)21-4-3-11-12(6-21)26-16-15(11)17(24)20(2)7-13(22)19-16/h8H,3-7H2,1-2H3,(H,19,22). The van der Waals surface area contributed by atoms with Gasteiger partial charge in [0.05, 0.1) is 35.8 Å². The van der Waals surface area contributed by atoms with E-state index in [0.29, 0.717) is 36.5 Å². The van der Waals surface area contributed by atoms with Crippen molar-refractivity contribution in [1.82, 2.24) is 14.8 Å². The van der Waals surface area contributed by atoms with Gasteiger partial charge in [-0.3, -0.25) is 14.4 Å². The molecule has 2 aromatic rings. The molecule has 1 N–H and O–H groups in total. The second-order valence-electron chi connectivity index (χ2n) is 6.52. The first-order chi connectivity index (χ1) is 12.4. The quantitative estimate of drug-likeness (QED) is 0.846. The van der Waals surface area contributed by atoms with Crippen LogP contribution in [0.3, 0.4) is 0 Å². The summed E-state index contributed by atoms with van der Waals surface area (Å²) in [6, 6.07) is 0. The van der Waals surface area contributed by atoms with Gasteiger partial charge in [0, 0.05) is 23.8 Å². The maximum absolute atomic E-state index is 12.6. The van der Waals surface area contributed by atoms with E-state index in [4.69, 9.17) is 0 Å². The Kier molecular flexibility index (Phi) is 4.28. The fourth-order valence-electron chi connectivity index (χ4n) is 3.33. The maximum atomic E-state index is 12.6. The molecule has 0 atom stereocenters. The first-order valence-corrected chi connectivity index (χ1v) is 10.0. The minimum absolute atomic E-state index is 0.0389. The molecular formula is C17H18N4O3S2. The number of hydrogen-bond acceptors (Lipinski definition) is 6. The molecule has 26 heavy (non-hydrogen) atoms. The van der Waals surface area contributed by atoms with E-state index in [2.05, 4.69) is 10.3 Å². The summed E-state index contributed by atoms with van der Waals surface area (Å²) >= 11 is 2.95. The molecule has 7 nitrogen and oxygen atoms in total. The normalized spacial score (nSPS) is 16.8. The van der Waals surface area contributed by atoms with E-state index in [9.17, 15) is 14.4 Å². The van der Waals surface area contributed by atoms with E-state index < -0.39 is 0 Å². The number of likely N-dealkylation sites (N-methyl/N-ethyl adjacent to an activating group) is 1. The van der Waals surface area contributed by atoms with Gasteiger partial charge in [0.15, 0.2) is 0 Å². The lowest BCUT2D eigenvalue weighted by atomic mass is 10.0. The predicted molar refractivity (Wildman–Crippen MR) is 99.6 cm³/mol. The number of rotatable bonds is 2. The first-order valence-electron chi connectivity index (χ1n) is 8.31. The predicted octanol–water partition coefficient (Wildman–Crippen LogP) is 1.66. The van der Waals surface area contributed by atoms with E-state index in [1.165, 1.54) is 16.2 Å². The number of anilines is 1. The lowest BCUT2D eigenvalue weighted by Crippen LogP contribution is -2.37. The summed E-state index contributed by atoms with van der Waals surface area (Å²) in [7, 11) is 1.63. The lowest BCUT2D eigenvalue weighted by molar-refractivity contribution is -0.131. The molecule has 0 saturated carbocycles. The molecule has 2 aliphatic heterocycles. The average molecular weight is 390 g/mol. The third kappa shape index (κ3) is 3.01. The van der Waals surface area contributed by atoms with Crippen LogP contribution in [-0.2, 0) is 29.0 Å². The minimum atomic E-state index is -0.190. The molecule has 4 rings (SSSR count). The minimum Gasteiger partial charge on any atom is -0.337 e. The third-order valence-electron chi connectivity index (χ3n) is 4.60. The maximum Gasteiger partial charge on any atom is 0.257 e. The van der Waals surface area contributed by atoms with Crippen LogP contribution in [0.1, 0.15) is 31.5 Å². The number of aryl methyl sites for hydroxylation is 1. The van der Waals surface area contributed by atoms with E-state index in [0.717, 1.165) is 21.1 Å². The Bertz CT molecular complexity index is 917. The first kappa shape index (κ1) is 17.2. The number of nitrogens with one attached hydrogen (secondary N) is 1. The third-order valence-corrected chi connectivity index (χ3v) is 6.56. The summed E-state index contributed by atoms with van der Waals surface area (Å²) in [4.78, 5) is 45.7. The van der Waals surface area contributed by atoms with Crippen molar-refractivity contribution in [1.29, 1.82) is 0 Å². The van der Waals surface area contributed by atoms with Crippen molar-refractivity contribution < 1.29 is 14.4 Å². The van der Waals surface area contributed by atoms with Crippen molar-refractivity contribution >= 4 is 45.4 Å². The van der Waals surface area contributed by atoms with Gasteiger partial charge in [-0.1, -0.05) is 0 Å².